The Morgan fingerprint density at radius 3 is 2.58 bits per heavy atom. The van der Waals surface area contributed by atoms with E-state index in [1.165, 1.54) is 6.20 Å². The number of hydrogen-bond acceptors (Lipinski definition) is 4. The van der Waals surface area contributed by atoms with Gasteiger partial charge in [0, 0.05) is 6.20 Å². The Hall–Kier alpha value is -3.22. The number of carboxylic acids is 1. The van der Waals surface area contributed by atoms with Gasteiger partial charge in [-0.15, -0.1) is 0 Å². The Kier molecular flexibility index (Phi) is 4.97. The highest BCUT2D eigenvalue weighted by Gasteiger charge is 2.22. The molecule has 1 amide bonds. The number of carboxylic acid groups (broad SMARTS) is 1. The fourth-order valence-corrected chi connectivity index (χ4v) is 2.74. The molecule has 0 radical (unpaired) electrons. The molecule has 7 nitrogen and oxygen atoms in total. The average molecular weight is 352 g/mol. The fraction of sp³-hybridized carbons (Fsp3) is 0.263. The van der Waals surface area contributed by atoms with E-state index in [1.54, 1.807) is 18.5 Å². The van der Waals surface area contributed by atoms with E-state index in [-0.39, 0.29) is 5.92 Å². The highest BCUT2D eigenvalue weighted by Crippen LogP contribution is 2.16. The van der Waals surface area contributed by atoms with Crippen LogP contribution in [-0.2, 0) is 4.79 Å². The van der Waals surface area contributed by atoms with Gasteiger partial charge in [0.05, 0.1) is 16.6 Å². The maximum atomic E-state index is 12.3. The minimum absolute atomic E-state index is 0.159. The van der Waals surface area contributed by atoms with Crippen LogP contribution in [0.5, 0.6) is 0 Å². The zero-order chi connectivity index (χ0) is 18.7. The lowest BCUT2D eigenvalue weighted by Crippen LogP contribution is -2.41. The van der Waals surface area contributed by atoms with E-state index in [4.69, 9.17) is 0 Å². The van der Waals surface area contributed by atoms with E-state index in [9.17, 15) is 14.7 Å². The predicted octanol–water partition coefficient (Wildman–Crippen LogP) is 2.65. The average Bonchev–Trinajstić information content (AvgIpc) is 3.05. The van der Waals surface area contributed by atoms with Crippen molar-refractivity contribution in [2.24, 2.45) is 5.92 Å². The summed E-state index contributed by atoms with van der Waals surface area (Å²) in [6.45, 7) is 3.82. The number of nitrogens with one attached hydrogen (secondary N) is 1. The van der Waals surface area contributed by atoms with Gasteiger partial charge in [-0.1, -0.05) is 26.0 Å². The number of fused-ring (bicyclic) bond motifs is 1. The minimum atomic E-state index is -1.04. The van der Waals surface area contributed by atoms with Gasteiger partial charge in [-0.25, -0.2) is 14.8 Å². The molecule has 134 valence electrons. The van der Waals surface area contributed by atoms with E-state index in [0.29, 0.717) is 17.8 Å². The Balaban J connectivity index is 1.78. The molecule has 1 aromatic carbocycles. The van der Waals surface area contributed by atoms with Crippen molar-refractivity contribution in [3.63, 3.8) is 0 Å². The molecule has 2 heterocycles. The zero-order valence-electron chi connectivity index (χ0n) is 14.6. The number of amides is 1. The quantitative estimate of drug-likeness (QED) is 0.711. The molecule has 2 N–H and O–H groups in total. The molecule has 7 heteroatoms. The molecule has 0 fully saturated rings. The van der Waals surface area contributed by atoms with E-state index >= 15 is 0 Å². The second-order valence-electron chi connectivity index (χ2n) is 6.50. The second-order valence-corrected chi connectivity index (χ2v) is 6.50. The first kappa shape index (κ1) is 17.6. The molecular weight excluding hydrogens is 332 g/mol. The molecule has 0 aliphatic heterocycles. The van der Waals surface area contributed by atoms with E-state index in [1.807, 2.05) is 42.7 Å². The van der Waals surface area contributed by atoms with Crippen molar-refractivity contribution < 1.29 is 14.7 Å². The van der Waals surface area contributed by atoms with E-state index in [0.717, 1.165) is 11.0 Å². The van der Waals surface area contributed by atoms with E-state index in [2.05, 4.69) is 15.3 Å². The van der Waals surface area contributed by atoms with Crippen LogP contribution in [0, 0.1) is 5.92 Å². The van der Waals surface area contributed by atoms with Crippen LogP contribution in [0.15, 0.2) is 48.9 Å². The lowest BCUT2D eigenvalue weighted by molar-refractivity contribution is -0.139. The molecule has 0 saturated carbocycles. The summed E-state index contributed by atoms with van der Waals surface area (Å²) < 4.78 is 1.83. The van der Waals surface area contributed by atoms with E-state index < -0.39 is 17.9 Å². The highest BCUT2D eigenvalue weighted by atomic mass is 16.4. The minimum Gasteiger partial charge on any atom is -0.480 e. The Morgan fingerprint density at radius 2 is 1.92 bits per heavy atom. The smallest absolute Gasteiger partial charge is 0.326 e. The van der Waals surface area contributed by atoms with Gasteiger partial charge in [0.25, 0.3) is 5.91 Å². The van der Waals surface area contributed by atoms with Crippen molar-refractivity contribution in [3.05, 3.63) is 54.5 Å². The van der Waals surface area contributed by atoms with Crippen LogP contribution in [0.25, 0.3) is 16.9 Å². The third-order valence-electron chi connectivity index (χ3n) is 4.02. The Bertz CT molecular complexity index is 931. The first-order chi connectivity index (χ1) is 12.5. The van der Waals surface area contributed by atoms with Gasteiger partial charge in [0.15, 0.2) is 0 Å². The molecule has 3 rings (SSSR count). The first-order valence-electron chi connectivity index (χ1n) is 8.38. The number of pyridine rings is 1. The van der Waals surface area contributed by atoms with Crippen LogP contribution in [0.3, 0.4) is 0 Å². The summed E-state index contributed by atoms with van der Waals surface area (Å²) in [6.07, 6.45) is 3.48. The van der Waals surface area contributed by atoms with Gasteiger partial charge in [0.1, 0.15) is 18.2 Å². The van der Waals surface area contributed by atoms with Gasteiger partial charge in [-0.2, -0.15) is 0 Å². The summed E-state index contributed by atoms with van der Waals surface area (Å²) in [7, 11) is 0. The topological polar surface area (TPSA) is 97.1 Å². The normalized spacial score (nSPS) is 12.3. The van der Waals surface area contributed by atoms with Gasteiger partial charge >= 0.3 is 5.97 Å². The molecule has 0 bridgehead atoms. The third-order valence-corrected chi connectivity index (χ3v) is 4.02. The standard InChI is InChI=1S/C19H20N4O3/c1-12(2)9-15(19(25)26)22-18(24)13-7-8-17(20-10-13)23-11-21-14-5-3-4-6-16(14)23/h3-8,10-12,15H,9H2,1-2H3,(H,22,24)(H,25,26)/t15-/m1/s1. The molecule has 2 aromatic heterocycles. The summed E-state index contributed by atoms with van der Waals surface area (Å²) >= 11 is 0. The Morgan fingerprint density at radius 1 is 1.15 bits per heavy atom. The molecule has 26 heavy (non-hydrogen) atoms. The van der Waals surface area contributed by atoms with Crippen molar-refractivity contribution >= 4 is 22.9 Å². The van der Waals surface area contributed by atoms with Gasteiger partial charge in [-0.3, -0.25) is 9.36 Å². The molecule has 0 aliphatic carbocycles. The van der Waals surface area contributed by atoms with Crippen LogP contribution in [0.1, 0.15) is 30.6 Å². The largest absolute Gasteiger partial charge is 0.480 e. The predicted molar refractivity (Wildman–Crippen MR) is 97.2 cm³/mol. The summed E-state index contributed by atoms with van der Waals surface area (Å²) in [5, 5.41) is 11.8. The molecule has 3 aromatic rings. The Labute approximate surface area is 150 Å². The third kappa shape index (κ3) is 3.72. The molecule has 0 unspecified atom stereocenters. The molecule has 0 spiro atoms. The van der Waals surface area contributed by atoms with Gasteiger partial charge in [-0.05, 0) is 36.6 Å². The zero-order valence-corrected chi connectivity index (χ0v) is 14.6. The number of carbonyl (C=O) groups is 2. The van der Waals surface area contributed by atoms with Crippen molar-refractivity contribution in [1.29, 1.82) is 0 Å². The number of hydrogen-bond donors (Lipinski definition) is 2. The lowest BCUT2D eigenvalue weighted by atomic mass is 10.0. The summed E-state index contributed by atoms with van der Waals surface area (Å²) in [5.41, 5.74) is 2.09. The van der Waals surface area contributed by atoms with Crippen LogP contribution in [0.4, 0.5) is 0 Å². The van der Waals surface area contributed by atoms with Crippen molar-refractivity contribution in [1.82, 2.24) is 19.9 Å². The summed E-state index contributed by atoms with van der Waals surface area (Å²) in [4.78, 5) is 32.3. The number of para-hydroxylation sites is 2. The van der Waals surface area contributed by atoms with Crippen molar-refractivity contribution in [2.75, 3.05) is 0 Å². The second kappa shape index (κ2) is 7.35. The fourth-order valence-electron chi connectivity index (χ4n) is 2.74. The van der Waals surface area contributed by atoms with Crippen molar-refractivity contribution in [2.45, 2.75) is 26.3 Å². The number of nitrogens with zero attached hydrogens (tertiary/aromatic N) is 3. The molecular formula is C19H20N4O3. The van der Waals surface area contributed by atoms with Crippen LogP contribution < -0.4 is 5.32 Å². The number of benzene rings is 1. The van der Waals surface area contributed by atoms with Crippen LogP contribution in [0.2, 0.25) is 0 Å². The molecule has 0 aliphatic rings. The number of carbonyl (C=O) groups excluding carboxylic acids is 1. The first-order valence-corrected chi connectivity index (χ1v) is 8.38. The molecule has 1 atom stereocenters. The van der Waals surface area contributed by atoms with Crippen LogP contribution >= 0.6 is 0 Å². The SMILES string of the molecule is CC(C)C[C@@H](NC(=O)c1ccc(-n2cnc3ccccc32)nc1)C(=O)O. The maximum absolute atomic E-state index is 12.3. The molecule has 0 saturated heterocycles. The lowest BCUT2D eigenvalue weighted by Gasteiger charge is -2.16. The van der Waals surface area contributed by atoms with Gasteiger partial charge < -0.3 is 10.4 Å². The summed E-state index contributed by atoms with van der Waals surface area (Å²) in [6, 6.07) is 10.1. The summed E-state index contributed by atoms with van der Waals surface area (Å²) in [5.74, 6) is -0.701. The van der Waals surface area contributed by atoms with Crippen molar-refractivity contribution in [3.8, 4) is 5.82 Å². The highest BCUT2D eigenvalue weighted by molar-refractivity contribution is 5.96. The van der Waals surface area contributed by atoms with Crippen LogP contribution in [-0.4, -0.2) is 37.6 Å². The number of aromatic nitrogens is 3. The monoisotopic (exact) mass is 352 g/mol. The van der Waals surface area contributed by atoms with Gasteiger partial charge in [0.2, 0.25) is 0 Å². The number of imidazole rings is 1. The number of rotatable bonds is 6. The maximum Gasteiger partial charge on any atom is 0.326 e. The number of aliphatic carboxylic acids is 1.